The monoisotopic (exact) mass is 318 g/mol. The molecular formula is C14H14N4O3S. The summed E-state index contributed by atoms with van der Waals surface area (Å²) in [6, 6.07) is 9.30. The highest BCUT2D eigenvalue weighted by Gasteiger charge is 2.25. The van der Waals surface area contributed by atoms with Gasteiger partial charge in [0.1, 0.15) is 6.20 Å². The molecule has 3 aromatic rings. The molecule has 2 aromatic heterocycles. The molecule has 0 spiro atoms. The van der Waals surface area contributed by atoms with Gasteiger partial charge in [0.15, 0.2) is 0 Å². The zero-order chi connectivity index (χ0) is 15.5. The molecule has 0 amide bonds. The summed E-state index contributed by atoms with van der Waals surface area (Å²) >= 11 is 1.32. The van der Waals surface area contributed by atoms with Crippen LogP contribution in [0.4, 0.5) is 11.6 Å². The molecule has 0 saturated carbocycles. The van der Waals surface area contributed by atoms with Crippen LogP contribution in [-0.4, -0.2) is 32.1 Å². The standard InChI is InChI=1S/C14H14N4O3S/c19-9-11(8-10-4-2-1-3-5-10)15-12-13(18(20)21)17-6-7-22-14(17)16-12/h1-7,11,15,19H,8-9H2. The number of nitrogens with zero attached hydrogens (tertiary/aromatic N) is 3. The molecule has 0 bridgehead atoms. The molecule has 0 aliphatic carbocycles. The van der Waals surface area contributed by atoms with E-state index in [4.69, 9.17) is 0 Å². The summed E-state index contributed by atoms with van der Waals surface area (Å²) in [4.78, 5) is 15.6. The minimum absolute atomic E-state index is 0.109. The van der Waals surface area contributed by atoms with Crippen molar-refractivity contribution in [2.24, 2.45) is 0 Å². The van der Waals surface area contributed by atoms with Gasteiger partial charge in [0.2, 0.25) is 5.82 Å². The number of thiazole rings is 1. The van der Waals surface area contributed by atoms with E-state index in [0.717, 1.165) is 5.56 Å². The van der Waals surface area contributed by atoms with Crippen LogP contribution in [0.1, 0.15) is 5.56 Å². The van der Waals surface area contributed by atoms with Crippen molar-refractivity contribution in [2.45, 2.75) is 12.5 Å². The number of aromatic nitrogens is 2. The number of nitro groups is 1. The molecule has 114 valence electrons. The van der Waals surface area contributed by atoms with Crippen LogP contribution in [0.15, 0.2) is 41.9 Å². The fraction of sp³-hybridized carbons (Fsp3) is 0.214. The fourth-order valence-electron chi connectivity index (χ4n) is 2.30. The number of rotatable bonds is 6. The van der Waals surface area contributed by atoms with E-state index in [1.165, 1.54) is 15.7 Å². The SMILES string of the molecule is O=[N+]([O-])c1c(NC(CO)Cc2ccccc2)nc2sccn12. The van der Waals surface area contributed by atoms with Gasteiger partial charge in [0.05, 0.1) is 12.6 Å². The summed E-state index contributed by atoms with van der Waals surface area (Å²) in [6.45, 7) is -0.142. The van der Waals surface area contributed by atoms with E-state index in [1.54, 1.807) is 11.6 Å². The molecular weight excluding hydrogens is 304 g/mol. The van der Waals surface area contributed by atoms with Crippen molar-refractivity contribution in [1.82, 2.24) is 9.38 Å². The van der Waals surface area contributed by atoms with Gasteiger partial charge < -0.3 is 20.5 Å². The van der Waals surface area contributed by atoms with E-state index in [9.17, 15) is 15.2 Å². The largest absolute Gasteiger partial charge is 0.394 e. The minimum Gasteiger partial charge on any atom is -0.394 e. The highest BCUT2D eigenvalue weighted by Crippen LogP contribution is 2.28. The molecule has 0 radical (unpaired) electrons. The molecule has 2 heterocycles. The first-order valence-electron chi connectivity index (χ1n) is 6.70. The second-order valence-electron chi connectivity index (χ2n) is 4.81. The number of benzene rings is 1. The van der Waals surface area contributed by atoms with E-state index in [0.29, 0.717) is 11.4 Å². The third-order valence-corrected chi connectivity index (χ3v) is 4.05. The molecule has 1 atom stereocenters. The molecule has 22 heavy (non-hydrogen) atoms. The molecule has 0 saturated heterocycles. The smallest absolute Gasteiger partial charge is 0.372 e. The number of nitrogens with one attached hydrogen (secondary N) is 1. The van der Waals surface area contributed by atoms with Crippen LogP contribution in [0.2, 0.25) is 0 Å². The molecule has 7 nitrogen and oxygen atoms in total. The molecule has 2 N–H and O–H groups in total. The third kappa shape index (κ3) is 2.78. The number of hydrogen-bond acceptors (Lipinski definition) is 6. The average Bonchev–Trinajstić information content (AvgIpc) is 3.07. The molecule has 3 rings (SSSR count). The Morgan fingerprint density at radius 3 is 2.86 bits per heavy atom. The Labute approximate surface area is 130 Å². The summed E-state index contributed by atoms with van der Waals surface area (Å²) in [7, 11) is 0. The first kappa shape index (κ1) is 14.5. The summed E-state index contributed by atoms with van der Waals surface area (Å²) in [5, 5.41) is 25.5. The van der Waals surface area contributed by atoms with Gasteiger partial charge in [-0.3, -0.25) is 0 Å². The Morgan fingerprint density at radius 1 is 1.41 bits per heavy atom. The second kappa shape index (κ2) is 6.12. The van der Waals surface area contributed by atoms with Crippen molar-refractivity contribution in [1.29, 1.82) is 0 Å². The maximum absolute atomic E-state index is 11.3. The summed E-state index contributed by atoms with van der Waals surface area (Å²) in [6.07, 6.45) is 2.17. The Hall–Kier alpha value is -2.45. The van der Waals surface area contributed by atoms with Gasteiger partial charge in [-0.05, 0) is 16.9 Å². The highest BCUT2D eigenvalue weighted by molar-refractivity contribution is 7.15. The van der Waals surface area contributed by atoms with Crippen molar-refractivity contribution < 1.29 is 10.0 Å². The van der Waals surface area contributed by atoms with Crippen LogP contribution in [-0.2, 0) is 6.42 Å². The number of aliphatic hydroxyl groups is 1. The third-order valence-electron chi connectivity index (χ3n) is 3.30. The topological polar surface area (TPSA) is 92.7 Å². The summed E-state index contributed by atoms with van der Waals surface area (Å²) in [5.41, 5.74) is 1.04. The molecule has 1 aromatic carbocycles. The number of hydrogen-bond donors (Lipinski definition) is 2. The zero-order valence-electron chi connectivity index (χ0n) is 11.5. The van der Waals surface area contributed by atoms with Gasteiger partial charge in [0.25, 0.3) is 4.96 Å². The van der Waals surface area contributed by atoms with E-state index >= 15 is 0 Å². The number of aliphatic hydroxyl groups excluding tert-OH is 1. The van der Waals surface area contributed by atoms with Gasteiger partial charge in [-0.2, -0.15) is 9.38 Å². The van der Waals surface area contributed by atoms with Crippen LogP contribution >= 0.6 is 11.3 Å². The lowest BCUT2D eigenvalue weighted by Crippen LogP contribution is -2.27. The predicted molar refractivity (Wildman–Crippen MR) is 84.4 cm³/mol. The quantitative estimate of drug-likeness (QED) is 0.537. The van der Waals surface area contributed by atoms with Crippen molar-refractivity contribution in [3.05, 3.63) is 57.6 Å². The number of imidazole rings is 1. The van der Waals surface area contributed by atoms with E-state index in [2.05, 4.69) is 10.3 Å². The minimum atomic E-state index is -0.466. The lowest BCUT2D eigenvalue weighted by atomic mass is 10.1. The normalized spacial score (nSPS) is 12.4. The maximum Gasteiger partial charge on any atom is 0.372 e. The molecule has 1 unspecified atom stereocenters. The first-order valence-corrected chi connectivity index (χ1v) is 7.58. The first-order chi connectivity index (χ1) is 10.7. The molecule has 0 aliphatic rings. The van der Waals surface area contributed by atoms with Gasteiger partial charge in [0, 0.05) is 5.38 Å². The van der Waals surface area contributed by atoms with Crippen LogP contribution in [0, 0.1) is 10.1 Å². The van der Waals surface area contributed by atoms with Gasteiger partial charge >= 0.3 is 5.82 Å². The number of anilines is 1. The van der Waals surface area contributed by atoms with Crippen molar-refractivity contribution in [3.63, 3.8) is 0 Å². The number of fused-ring (bicyclic) bond motifs is 1. The predicted octanol–water partition coefficient (Wildman–Crippen LogP) is 2.32. The molecule has 0 fully saturated rings. The molecule has 8 heteroatoms. The Morgan fingerprint density at radius 2 is 2.18 bits per heavy atom. The van der Waals surface area contributed by atoms with E-state index < -0.39 is 4.92 Å². The summed E-state index contributed by atoms with van der Waals surface area (Å²) < 4.78 is 1.43. The second-order valence-corrected chi connectivity index (χ2v) is 5.68. The van der Waals surface area contributed by atoms with Crippen LogP contribution in [0.5, 0.6) is 0 Å². The van der Waals surface area contributed by atoms with Gasteiger partial charge in [-0.1, -0.05) is 41.7 Å². The lowest BCUT2D eigenvalue weighted by molar-refractivity contribution is -0.389. The van der Waals surface area contributed by atoms with Crippen molar-refractivity contribution in [2.75, 3.05) is 11.9 Å². The fourth-order valence-corrected chi connectivity index (χ4v) is 3.01. The van der Waals surface area contributed by atoms with E-state index in [1.807, 2.05) is 30.3 Å². The maximum atomic E-state index is 11.3. The average molecular weight is 318 g/mol. The summed E-state index contributed by atoms with van der Waals surface area (Å²) in [5.74, 6) is 0.0783. The zero-order valence-corrected chi connectivity index (χ0v) is 12.4. The van der Waals surface area contributed by atoms with Crippen molar-refractivity contribution in [3.8, 4) is 0 Å². The highest BCUT2D eigenvalue weighted by atomic mass is 32.1. The van der Waals surface area contributed by atoms with Gasteiger partial charge in [-0.15, -0.1) is 0 Å². The Balaban J connectivity index is 1.86. The van der Waals surface area contributed by atoms with Crippen LogP contribution < -0.4 is 5.32 Å². The van der Waals surface area contributed by atoms with Gasteiger partial charge in [-0.25, -0.2) is 0 Å². The molecule has 0 aliphatic heterocycles. The van der Waals surface area contributed by atoms with Crippen LogP contribution in [0.25, 0.3) is 4.96 Å². The lowest BCUT2D eigenvalue weighted by Gasteiger charge is -2.15. The van der Waals surface area contributed by atoms with Crippen molar-refractivity contribution >= 4 is 27.9 Å². The Bertz CT molecular complexity index is 784. The van der Waals surface area contributed by atoms with E-state index in [-0.39, 0.29) is 24.3 Å². The Kier molecular flexibility index (Phi) is 4.03. The van der Waals surface area contributed by atoms with Crippen LogP contribution in [0.3, 0.4) is 0 Å².